The van der Waals surface area contributed by atoms with Crippen molar-refractivity contribution in [3.8, 4) is 0 Å². The molecule has 2 aromatic heterocycles. The first kappa shape index (κ1) is 14.2. The second-order valence-electron chi connectivity index (χ2n) is 6.12. The number of aromatic nitrogens is 3. The number of rotatable bonds is 3. The number of ether oxygens (including phenoxy) is 1. The molecule has 4 rings (SSSR count). The highest BCUT2D eigenvalue weighted by molar-refractivity contribution is 6.29. The van der Waals surface area contributed by atoms with Crippen molar-refractivity contribution in [2.45, 2.75) is 43.4 Å². The molecule has 3 heterocycles. The van der Waals surface area contributed by atoms with Gasteiger partial charge in [-0.15, -0.1) is 0 Å². The topological polar surface area (TPSA) is 61.0 Å². The van der Waals surface area contributed by atoms with E-state index < -0.39 is 0 Å². The summed E-state index contributed by atoms with van der Waals surface area (Å²) in [6.45, 7) is 1.53. The minimum absolute atomic E-state index is 0.224. The summed E-state index contributed by atoms with van der Waals surface area (Å²) in [6.07, 6.45) is 5.03. The molecule has 2 fully saturated rings. The van der Waals surface area contributed by atoms with Crippen molar-refractivity contribution < 1.29 is 9.26 Å². The Morgan fingerprint density at radius 1 is 1.14 bits per heavy atom. The predicted molar refractivity (Wildman–Crippen MR) is 81.0 cm³/mol. The van der Waals surface area contributed by atoms with Crippen LogP contribution in [0.15, 0.2) is 22.7 Å². The number of pyridine rings is 1. The van der Waals surface area contributed by atoms with Crippen molar-refractivity contribution in [3.05, 3.63) is 40.8 Å². The molecule has 6 heteroatoms. The molecule has 2 aromatic rings. The lowest BCUT2D eigenvalue weighted by molar-refractivity contribution is 0.0778. The smallest absolute Gasteiger partial charge is 0.229 e. The molecular weight excluding hydrogens is 302 g/mol. The van der Waals surface area contributed by atoms with Crippen LogP contribution in [0, 0.1) is 0 Å². The summed E-state index contributed by atoms with van der Waals surface area (Å²) in [5.74, 6) is 1.82. The van der Waals surface area contributed by atoms with E-state index in [0.29, 0.717) is 11.1 Å². The number of halogens is 1. The Kier molecular flexibility index (Phi) is 3.62. The fraction of sp³-hybridized carbons (Fsp3) is 0.562. The van der Waals surface area contributed by atoms with Crippen LogP contribution in [0.2, 0.25) is 5.15 Å². The molecule has 1 saturated carbocycles. The lowest BCUT2D eigenvalue weighted by Crippen LogP contribution is -2.37. The third kappa shape index (κ3) is 2.32. The predicted octanol–water partition coefficient (Wildman–Crippen LogP) is 3.48. The summed E-state index contributed by atoms with van der Waals surface area (Å²) >= 11 is 6.06. The zero-order valence-electron chi connectivity index (χ0n) is 12.3. The first-order chi connectivity index (χ1) is 10.8. The summed E-state index contributed by atoms with van der Waals surface area (Å²) < 4.78 is 11.0. The van der Waals surface area contributed by atoms with E-state index in [1.165, 1.54) is 0 Å². The maximum absolute atomic E-state index is 6.06. The van der Waals surface area contributed by atoms with Gasteiger partial charge in [-0.2, -0.15) is 4.98 Å². The molecule has 0 bridgehead atoms. The Bertz CT molecular complexity index is 663. The average Bonchev–Trinajstić information content (AvgIpc) is 2.97. The van der Waals surface area contributed by atoms with E-state index in [1.807, 2.05) is 12.1 Å². The quantitative estimate of drug-likeness (QED) is 0.810. The van der Waals surface area contributed by atoms with Gasteiger partial charge in [-0.25, -0.2) is 4.98 Å². The Labute approximate surface area is 134 Å². The minimum Gasteiger partial charge on any atom is -0.381 e. The van der Waals surface area contributed by atoms with Crippen molar-refractivity contribution in [2.75, 3.05) is 13.2 Å². The van der Waals surface area contributed by atoms with Crippen LogP contribution in [0.1, 0.15) is 55.4 Å². The summed E-state index contributed by atoms with van der Waals surface area (Å²) in [5, 5.41) is 4.79. The van der Waals surface area contributed by atoms with Crippen LogP contribution in [0.3, 0.4) is 0 Å². The number of nitrogens with zero attached hydrogens (tertiary/aromatic N) is 3. The molecule has 0 N–H and O–H groups in total. The van der Waals surface area contributed by atoms with E-state index in [-0.39, 0.29) is 5.41 Å². The number of hydrogen-bond acceptors (Lipinski definition) is 5. The first-order valence-electron chi connectivity index (χ1n) is 7.83. The first-order valence-corrected chi connectivity index (χ1v) is 8.21. The van der Waals surface area contributed by atoms with Gasteiger partial charge in [0.15, 0.2) is 5.82 Å². The van der Waals surface area contributed by atoms with Crippen LogP contribution in [0.25, 0.3) is 0 Å². The molecule has 0 radical (unpaired) electrons. The fourth-order valence-electron chi connectivity index (χ4n) is 3.34. The standard InChI is InChI=1S/C16H18ClN3O2/c17-13-4-1-3-12(18-13)16(7-2-8-16)15-19-14(22-20-15)11-5-9-21-10-6-11/h1,3-4,11H,2,5-10H2. The monoisotopic (exact) mass is 319 g/mol. The molecule has 1 aliphatic carbocycles. The summed E-state index contributed by atoms with van der Waals surface area (Å²) in [6, 6.07) is 5.74. The molecule has 2 aliphatic rings. The van der Waals surface area contributed by atoms with E-state index >= 15 is 0 Å². The Morgan fingerprint density at radius 2 is 1.95 bits per heavy atom. The van der Waals surface area contributed by atoms with E-state index in [9.17, 15) is 0 Å². The lowest BCUT2D eigenvalue weighted by atomic mass is 9.66. The molecule has 0 atom stereocenters. The maximum Gasteiger partial charge on any atom is 0.229 e. The summed E-state index contributed by atoms with van der Waals surface area (Å²) in [7, 11) is 0. The van der Waals surface area contributed by atoms with E-state index in [1.54, 1.807) is 6.07 Å². The maximum atomic E-state index is 6.06. The van der Waals surface area contributed by atoms with Gasteiger partial charge in [0.2, 0.25) is 5.89 Å². The van der Waals surface area contributed by atoms with Crippen molar-refractivity contribution in [2.24, 2.45) is 0 Å². The molecule has 0 aromatic carbocycles. The average molecular weight is 320 g/mol. The van der Waals surface area contributed by atoms with Gasteiger partial charge in [-0.1, -0.05) is 29.2 Å². The van der Waals surface area contributed by atoms with E-state index in [0.717, 1.165) is 62.7 Å². The Hall–Kier alpha value is -1.46. The molecule has 0 spiro atoms. The van der Waals surface area contributed by atoms with Gasteiger partial charge in [0.25, 0.3) is 0 Å². The Morgan fingerprint density at radius 3 is 2.64 bits per heavy atom. The number of hydrogen-bond donors (Lipinski definition) is 0. The zero-order valence-corrected chi connectivity index (χ0v) is 13.1. The van der Waals surface area contributed by atoms with Crippen LogP contribution >= 0.6 is 11.6 Å². The second-order valence-corrected chi connectivity index (χ2v) is 6.51. The van der Waals surface area contributed by atoms with Gasteiger partial charge >= 0.3 is 0 Å². The second kappa shape index (κ2) is 5.63. The highest BCUT2D eigenvalue weighted by Gasteiger charge is 2.46. The highest BCUT2D eigenvalue weighted by atomic mass is 35.5. The molecule has 5 nitrogen and oxygen atoms in total. The van der Waals surface area contributed by atoms with Crippen LogP contribution < -0.4 is 0 Å². The molecule has 0 unspecified atom stereocenters. The summed E-state index contributed by atoms with van der Waals surface area (Å²) in [4.78, 5) is 9.21. The van der Waals surface area contributed by atoms with E-state index in [4.69, 9.17) is 25.8 Å². The molecule has 116 valence electrons. The molecule has 1 aliphatic heterocycles. The SMILES string of the molecule is Clc1cccc(C2(c3noc(C4CCOCC4)n3)CCC2)n1. The molecular formula is C16H18ClN3O2. The Balaban J connectivity index is 1.66. The van der Waals surface area contributed by atoms with Gasteiger partial charge in [0, 0.05) is 19.1 Å². The minimum atomic E-state index is -0.224. The van der Waals surface area contributed by atoms with Gasteiger partial charge in [-0.3, -0.25) is 0 Å². The molecule has 1 saturated heterocycles. The van der Waals surface area contributed by atoms with Gasteiger partial charge in [-0.05, 0) is 37.8 Å². The van der Waals surface area contributed by atoms with Gasteiger partial charge in [0.05, 0.1) is 11.1 Å². The van der Waals surface area contributed by atoms with Crippen LogP contribution in [0.4, 0.5) is 0 Å². The lowest BCUT2D eigenvalue weighted by Gasteiger charge is -2.38. The highest BCUT2D eigenvalue weighted by Crippen LogP contribution is 2.47. The van der Waals surface area contributed by atoms with Crippen molar-refractivity contribution >= 4 is 11.6 Å². The third-order valence-corrected chi connectivity index (χ3v) is 5.06. The van der Waals surface area contributed by atoms with Crippen molar-refractivity contribution in [1.82, 2.24) is 15.1 Å². The van der Waals surface area contributed by atoms with Crippen LogP contribution in [0.5, 0.6) is 0 Å². The molecule has 0 amide bonds. The largest absolute Gasteiger partial charge is 0.381 e. The van der Waals surface area contributed by atoms with Crippen molar-refractivity contribution in [1.29, 1.82) is 0 Å². The molecule has 22 heavy (non-hydrogen) atoms. The van der Waals surface area contributed by atoms with Crippen LogP contribution in [-0.2, 0) is 10.2 Å². The van der Waals surface area contributed by atoms with Gasteiger partial charge < -0.3 is 9.26 Å². The van der Waals surface area contributed by atoms with Gasteiger partial charge in [0.1, 0.15) is 5.15 Å². The summed E-state index contributed by atoms with van der Waals surface area (Å²) in [5.41, 5.74) is 0.725. The third-order valence-electron chi connectivity index (χ3n) is 4.85. The zero-order chi connectivity index (χ0) is 15.0. The van der Waals surface area contributed by atoms with Crippen LogP contribution in [-0.4, -0.2) is 28.3 Å². The fourth-order valence-corrected chi connectivity index (χ4v) is 3.50. The normalized spacial score (nSPS) is 21.5. The van der Waals surface area contributed by atoms with Crippen molar-refractivity contribution in [3.63, 3.8) is 0 Å². The van der Waals surface area contributed by atoms with E-state index in [2.05, 4.69) is 10.1 Å².